The van der Waals surface area contributed by atoms with Crippen LogP contribution in [0.25, 0.3) is 5.70 Å². The predicted molar refractivity (Wildman–Crippen MR) is 102 cm³/mol. The van der Waals surface area contributed by atoms with Gasteiger partial charge in [-0.3, -0.25) is 4.79 Å². The molecular weight excluding hydrogens is 373 g/mol. The first-order valence-electron chi connectivity index (χ1n) is 6.75. The second-order valence-electron chi connectivity index (χ2n) is 4.91. The van der Waals surface area contributed by atoms with Gasteiger partial charge in [0.2, 0.25) is 0 Å². The lowest BCUT2D eigenvalue weighted by atomic mass is 10.1. The molecular formula is C17H14Cl3NOS. The Kier molecular flexibility index (Phi) is 6.42. The van der Waals surface area contributed by atoms with E-state index >= 15 is 0 Å². The number of hydrogen-bond acceptors (Lipinski definition) is 3. The lowest BCUT2D eigenvalue weighted by molar-refractivity contribution is 0.0966. The van der Waals surface area contributed by atoms with Gasteiger partial charge in [0.1, 0.15) is 0 Å². The summed E-state index contributed by atoms with van der Waals surface area (Å²) < 4.78 is 0. The zero-order chi connectivity index (χ0) is 15.5. The van der Waals surface area contributed by atoms with Gasteiger partial charge in [-0.25, -0.2) is 0 Å². The number of thioether (sulfide) groups is 1. The molecule has 0 saturated heterocycles. The van der Waals surface area contributed by atoms with Crippen molar-refractivity contribution in [2.75, 3.05) is 12.4 Å². The molecule has 0 saturated carbocycles. The zero-order valence-electron chi connectivity index (χ0n) is 12.0. The molecule has 0 amide bonds. The molecule has 0 N–H and O–H groups in total. The summed E-state index contributed by atoms with van der Waals surface area (Å²) in [6, 6.07) is 15.0. The van der Waals surface area contributed by atoms with Crippen molar-refractivity contribution in [3.8, 4) is 0 Å². The molecule has 0 fully saturated rings. The predicted octanol–water partition coefficient (Wildman–Crippen LogP) is 5.60. The minimum atomic E-state index is -0.00834. The van der Waals surface area contributed by atoms with Crippen LogP contribution in [-0.2, 0) is 0 Å². The van der Waals surface area contributed by atoms with E-state index in [-0.39, 0.29) is 18.2 Å². The number of benzene rings is 2. The average molecular weight is 387 g/mol. The highest BCUT2D eigenvalue weighted by Gasteiger charge is 2.21. The van der Waals surface area contributed by atoms with E-state index < -0.39 is 0 Å². The van der Waals surface area contributed by atoms with Crippen LogP contribution < -0.4 is 0 Å². The van der Waals surface area contributed by atoms with Gasteiger partial charge in [0.15, 0.2) is 5.78 Å². The number of halogens is 3. The van der Waals surface area contributed by atoms with Gasteiger partial charge in [-0.15, -0.1) is 24.2 Å². The number of nitrogens with zero attached hydrogens (tertiary/aromatic N) is 1. The van der Waals surface area contributed by atoms with Crippen LogP contribution in [0.3, 0.4) is 0 Å². The number of hydrogen-bond donors (Lipinski definition) is 0. The van der Waals surface area contributed by atoms with Crippen LogP contribution in [0.15, 0.2) is 53.9 Å². The maximum absolute atomic E-state index is 12.5. The van der Waals surface area contributed by atoms with Gasteiger partial charge < -0.3 is 4.90 Å². The molecule has 0 radical (unpaired) electrons. The minimum absolute atomic E-state index is 0. The Morgan fingerprint density at radius 1 is 1.13 bits per heavy atom. The second kappa shape index (κ2) is 8.11. The second-order valence-corrected chi connectivity index (χ2v) is 6.58. The first-order valence-corrected chi connectivity index (χ1v) is 8.56. The van der Waals surface area contributed by atoms with Crippen molar-refractivity contribution in [2.45, 2.75) is 0 Å². The number of ketones is 1. The van der Waals surface area contributed by atoms with E-state index in [1.807, 2.05) is 30.3 Å². The third-order valence-electron chi connectivity index (χ3n) is 3.40. The third-order valence-corrected chi connectivity index (χ3v) is 4.80. The van der Waals surface area contributed by atoms with Gasteiger partial charge in [-0.2, -0.15) is 0 Å². The molecule has 6 heteroatoms. The summed E-state index contributed by atoms with van der Waals surface area (Å²) in [5.74, 6) is 0.757. The van der Waals surface area contributed by atoms with Crippen LogP contribution in [0.4, 0.5) is 0 Å². The summed E-state index contributed by atoms with van der Waals surface area (Å²) in [6.07, 6.45) is 0. The fraction of sp³-hybridized carbons (Fsp3) is 0.118. The van der Waals surface area contributed by atoms with E-state index in [0.717, 1.165) is 17.1 Å². The molecule has 0 atom stereocenters. The Hall–Kier alpha value is -1.13. The van der Waals surface area contributed by atoms with Crippen molar-refractivity contribution in [3.05, 3.63) is 75.1 Å². The van der Waals surface area contributed by atoms with E-state index in [4.69, 9.17) is 23.2 Å². The number of rotatable bonds is 4. The van der Waals surface area contributed by atoms with E-state index in [1.165, 1.54) is 0 Å². The van der Waals surface area contributed by atoms with Crippen molar-refractivity contribution in [3.63, 3.8) is 0 Å². The molecule has 3 rings (SSSR count). The minimum Gasteiger partial charge on any atom is -0.353 e. The van der Waals surface area contributed by atoms with Crippen LogP contribution in [0, 0.1) is 0 Å². The summed E-state index contributed by atoms with van der Waals surface area (Å²) >= 11 is 13.7. The van der Waals surface area contributed by atoms with Gasteiger partial charge in [-0.05, 0) is 29.2 Å². The highest BCUT2D eigenvalue weighted by molar-refractivity contribution is 8.02. The molecule has 2 nitrogen and oxygen atoms in total. The molecule has 0 aliphatic carbocycles. The van der Waals surface area contributed by atoms with Crippen molar-refractivity contribution in [2.24, 2.45) is 0 Å². The summed E-state index contributed by atoms with van der Waals surface area (Å²) in [5.41, 5.74) is 2.70. The van der Waals surface area contributed by atoms with Gasteiger partial charge in [-0.1, -0.05) is 53.5 Å². The Labute approximate surface area is 155 Å². The standard InChI is InChI=1S/C17H13Cl2NOS.ClH/c18-13-6-7-14(15(19)8-13)17(21)9-20-11-22-10-16(20)12-4-2-1-3-5-12;/h1-8,10H,9,11H2;1H. The summed E-state index contributed by atoms with van der Waals surface area (Å²) in [7, 11) is 0. The maximum Gasteiger partial charge on any atom is 0.183 e. The fourth-order valence-corrected chi connectivity index (χ4v) is 3.76. The highest BCUT2D eigenvalue weighted by atomic mass is 35.5. The van der Waals surface area contributed by atoms with Crippen LogP contribution in [0.1, 0.15) is 15.9 Å². The smallest absolute Gasteiger partial charge is 0.183 e. The van der Waals surface area contributed by atoms with Crippen molar-refractivity contribution in [1.82, 2.24) is 4.90 Å². The Morgan fingerprint density at radius 2 is 1.87 bits per heavy atom. The zero-order valence-corrected chi connectivity index (χ0v) is 15.2. The normalized spacial score (nSPS) is 13.5. The third kappa shape index (κ3) is 4.24. The van der Waals surface area contributed by atoms with E-state index in [9.17, 15) is 4.79 Å². The van der Waals surface area contributed by atoms with Crippen molar-refractivity contribution in [1.29, 1.82) is 0 Å². The first-order chi connectivity index (χ1) is 10.6. The molecule has 0 aromatic heterocycles. The average Bonchev–Trinajstić information content (AvgIpc) is 2.96. The Balaban J connectivity index is 0.00000192. The van der Waals surface area contributed by atoms with E-state index in [1.54, 1.807) is 30.0 Å². The topological polar surface area (TPSA) is 20.3 Å². The Morgan fingerprint density at radius 3 is 2.57 bits per heavy atom. The van der Waals surface area contributed by atoms with Crippen LogP contribution in [0.2, 0.25) is 10.0 Å². The largest absolute Gasteiger partial charge is 0.353 e. The molecule has 2 aromatic carbocycles. The molecule has 0 spiro atoms. The molecule has 1 aliphatic rings. The molecule has 1 aliphatic heterocycles. The van der Waals surface area contributed by atoms with E-state index in [2.05, 4.69) is 10.3 Å². The molecule has 0 bridgehead atoms. The monoisotopic (exact) mass is 385 g/mol. The van der Waals surface area contributed by atoms with Gasteiger partial charge in [0.25, 0.3) is 0 Å². The molecule has 0 unspecified atom stereocenters. The molecule has 1 heterocycles. The molecule has 120 valence electrons. The van der Waals surface area contributed by atoms with Crippen molar-refractivity contribution < 1.29 is 4.79 Å². The first kappa shape index (κ1) is 18.2. The quantitative estimate of drug-likeness (QED) is 0.638. The van der Waals surface area contributed by atoms with Gasteiger partial charge >= 0.3 is 0 Å². The van der Waals surface area contributed by atoms with Gasteiger partial charge in [0.05, 0.1) is 23.1 Å². The maximum atomic E-state index is 12.5. The fourth-order valence-electron chi connectivity index (χ4n) is 2.31. The number of Topliss-reactive ketones (excluding diaryl/α,β-unsaturated/α-hetero) is 1. The SMILES string of the molecule is Cl.O=C(CN1CSC=C1c1ccccc1)c1ccc(Cl)cc1Cl. The lowest BCUT2D eigenvalue weighted by Crippen LogP contribution is -2.26. The molecule has 23 heavy (non-hydrogen) atoms. The van der Waals surface area contributed by atoms with Gasteiger partial charge in [0, 0.05) is 10.6 Å². The van der Waals surface area contributed by atoms with Crippen molar-refractivity contribution >= 4 is 58.9 Å². The Bertz CT molecular complexity index is 734. The van der Waals surface area contributed by atoms with Crippen LogP contribution in [-0.4, -0.2) is 23.1 Å². The van der Waals surface area contributed by atoms with Crippen LogP contribution in [0.5, 0.6) is 0 Å². The molecule has 2 aromatic rings. The number of carbonyl (C=O) groups excluding carboxylic acids is 1. The number of carbonyl (C=O) groups is 1. The summed E-state index contributed by atoms with van der Waals surface area (Å²) in [4.78, 5) is 14.6. The summed E-state index contributed by atoms with van der Waals surface area (Å²) in [6.45, 7) is 0.301. The summed E-state index contributed by atoms with van der Waals surface area (Å²) in [5, 5.41) is 3.02. The highest BCUT2D eigenvalue weighted by Crippen LogP contribution is 2.31. The van der Waals surface area contributed by atoms with E-state index in [0.29, 0.717) is 22.2 Å². The lowest BCUT2D eigenvalue weighted by Gasteiger charge is -2.21. The van der Waals surface area contributed by atoms with Crippen LogP contribution >= 0.6 is 47.4 Å².